The van der Waals surface area contributed by atoms with Crippen LogP contribution in [0.25, 0.3) is 0 Å². The summed E-state index contributed by atoms with van der Waals surface area (Å²) in [6, 6.07) is 0.997. The van der Waals surface area contributed by atoms with Gasteiger partial charge in [-0.15, -0.1) is 0 Å². The van der Waals surface area contributed by atoms with Crippen LogP contribution in [0.15, 0.2) is 21.9 Å². The van der Waals surface area contributed by atoms with Gasteiger partial charge >= 0.3 is 13.5 Å². The summed E-state index contributed by atoms with van der Waals surface area (Å²) in [5, 5.41) is 48.4. The molecule has 30 heavy (non-hydrogen) atoms. The number of aromatic amines is 1. The number of nitrogens with one attached hydrogen (secondary N) is 1. The van der Waals surface area contributed by atoms with Crippen molar-refractivity contribution in [2.45, 2.75) is 49.1 Å². The number of phosphoric acid groups is 1. The maximum absolute atomic E-state index is 12.0. The molecule has 170 valence electrons. The van der Waals surface area contributed by atoms with Gasteiger partial charge in [-0.25, -0.2) is 9.36 Å². The highest BCUT2D eigenvalue weighted by atomic mass is 31.2. The Balaban J connectivity index is 1.56. The van der Waals surface area contributed by atoms with E-state index in [0.29, 0.717) is 0 Å². The molecule has 0 aliphatic carbocycles. The van der Waals surface area contributed by atoms with E-state index in [2.05, 4.69) is 4.52 Å². The van der Waals surface area contributed by atoms with Gasteiger partial charge < -0.3 is 39.9 Å². The van der Waals surface area contributed by atoms with Gasteiger partial charge in [0.1, 0.15) is 36.6 Å². The van der Waals surface area contributed by atoms with Gasteiger partial charge in [-0.05, 0) is 0 Å². The Hall–Kier alpha value is -1.49. The van der Waals surface area contributed by atoms with Crippen LogP contribution in [0.3, 0.4) is 0 Å². The number of nitrogens with zero attached hydrogens (tertiary/aromatic N) is 1. The Morgan fingerprint density at radius 3 is 2.07 bits per heavy atom. The number of aromatic nitrogens is 2. The molecule has 2 aliphatic rings. The predicted octanol–water partition coefficient (Wildman–Crippen LogP) is -4.27. The van der Waals surface area contributed by atoms with Crippen LogP contribution in [0.2, 0.25) is 0 Å². The third-order valence-corrected chi connectivity index (χ3v) is 5.55. The highest BCUT2D eigenvalue weighted by Crippen LogP contribution is 2.45. The smallest absolute Gasteiger partial charge is 0.387 e. The third-order valence-electron chi connectivity index (χ3n) is 4.60. The third kappa shape index (κ3) is 4.87. The van der Waals surface area contributed by atoms with Crippen molar-refractivity contribution >= 4 is 7.82 Å². The summed E-state index contributed by atoms with van der Waals surface area (Å²) >= 11 is 0. The second-order valence-corrected chi connectivity index (χ2v) is 8.12. The van der Waals surface area contributed by atoms with E-state index < -0.39 is 81.4 Å². The SMILES string of the molecule is O=c1ccn([C@@H]2OC(COP(=O)(O)OC[C@H]3OC(O)[C@H](O)[C@@H]3O)[C@@H](O)[C@H]2O)c(=O)[nH]1. The maximum atomic E-state index is 12.0. The van der Waals surface area contributed by atoms with Crippen LogP contribution < -0.4 is 11.2 Å². The first-order valence-corrected chi connectivity index (χ1v) is 10.1. The van der Waals surface area contributed by atoms with Crippen molar-refractivity contribution in [3.8, 4) is 0 Å². The van der Waals surface area contributed by atoms with Crippen LogP contribution in [0.4, 0.5) is 0 Å². The molecule has 3 rings (SSSR count). The van der Waals surface area contributed by atoms with E-state index in [4.69, 9.17) is 14.0 Å². The first-order chi connectivity index (χ1) is 14.0. The number of phosphoric ester groups is 1. The summed E-state index contributed by atoms with van der Waals surface area (Å²) in [6.07, 6.45) is -11.1. The zero-order valence-electron chi connectivity index (χ0n) is 15.1. The fourth-order valence-corrected chi connectivity index (χ4v) is 3.71. The minimum atomic E-state index is -4.76. The van der Waals surface area contributed by atoms with Crippen molar-refractivity contribution in [1.29, 1.82) is 0 Å². The number of aliphatic hydroxyl groups is 5. The molecule has 0 spiro atoms. The number of H-pyrrole nitrogens is 1. The van der Waals surface area contributed by atoms with Crippen molar-refractivity contribution in [2.75, 3.05) is 13.2 Å². The molecular formula is C14H21N2O13P. The van der Waals surface area contributed by atoms with E-state index in [1.54, 1.807) is 0 Å². The molecular weight excluding hydrogens is 435 g/mol. The molecule has 7 N–H and O–H groups in total. The van der Waals surface area contributed by atoms with E-state index in [9.17, 15) is 44.6 Å². The number of hydrogen-bond donors (Lipinski definition) is 7. The monoisotopic (exact) mass is 456 g/mol. The Bertz CT molecular complexity index is 904. The lowest BCUT2D eigenvalue weighted by Crippen LogP contribution is -2.37. The molecule has 0 radical (unpaired) electrons. The second kappa shape index (κ2) is 8.94. The van der Waals surface area contributed by atoms with Crippen LogP contribution >= 0.6 is 7.82 Å². The highest BCUT2D eigenvalue weighted by Gasteiger charge is 2.46. The maximum Gasteiger partial charge on any atom is 0.472 e. The molecule has 0 saturated carbocycles. The van der Waals surface area contributed by atoms with Gasteiger partial charge in [0.15, 0.2) is 12.5 Å². The molecule has 1 aromatic heterocycles. The molecule has 3 unspecified atom stereocenters. The molecule has 0 amide bonds. The molecule has 2 saturated heterocycles. The van der Waals surface area contributed by atoms with Crippen LogP contribution in [0, 0.1) is 0 Å². The van der Waals surface area contributed by atoms with E-state index in [-0.39, 0.29) is 0 Å². The van der Waals surface area contributed by atoms with E-state index in [1.807, 2.05) is 4.98 Å². The van der Waals surface area contributed by atoms with Gasteiger partial charge in [-0.2, -0.15) is 0 Å². The molecule has 15 nitrogen and oxygen atoms in total. The number of aliphatic hydroxyl groups excluding tert-OH is 5. The van der Waals surface area contributed by atoms with Crippen molar-refractivity contribution in [3.63, 3.8) is 0 Å². The average Bonchev–Trinajstić information content (AvgIpc) is 3.09. The summed E-state index contributed by atoms with van der Waals surface area (Å²) in [5.41, 5.74) is -1.59. The average molecular weight is 456 g/mol. The summed E-state index contributed by atoms with van der Waals surface area (Å²) in [6.45, 7) is -1.45. The lowest BCUT2D eigenvalue weighted by atomic mass is 10.1. The van der Waals surface area contributed by atoms with Crippen LogP contribution in [-0.2, 0) is 23.1 Å². The van der Waals surface area contributed by atoms with Gasteiger partial charge in [0, 0.05) is 12.3 Å². The standard InChI is InChI=1S/C14H21N2O13P/c17-7-1-2-16(14(23)15-7)12-10(20)8(18)5(28-12)3-26-30(24,25)27-4-6-9(19)11(21)13(22)29-6/h1-2,5-6,8-13,18-22H,3-4H2,(H,24,25)(H,15,17,23)/t5?,6-,8-,9-,10-,11-,12-,13?/m1/s1. The quantitative estimate of drug-likeness (QED) is 0.193. The minimum absolute atomic E-state index is 0.682. The minimum Gasteiger partial charge on any atom is -0.387 e. The number of rotatable bonds is 7. The number of hydrogen-bond acceptors (Lipinski definition) is 12. The van der Waals surface area contributed by atoms with E-state index >= 15 is 0 Å². The Kier molecular flexibility index (Phi) is 6.91. The van der Waals surface area contributed by atoms with Crippen molar-refractivity contribution in [3.05, 3.63) is 33.1 Å². The topological polar surface area (TPSA) is 230 Å². The van der Waals surface area contributed by atoms with Crippen LogP contribution in [0.5, 0.6) is 0 Å². The van der Waals surface area contributed by atoms with E-state index in [1.165, 1.54) is 0 Å². The first kappa shape index (κ1) is 23.2. The van der Waals surface area contributed by atoms with Crippen LogP contribution in [-0.4, -0.2) is 96.1 Å². The second-order valence-electron chi connectivity index (χ2n) is 6.67. The first-order valence-electron chi connectivity index (χ1n) is 8.65. The Morgan fingerprint density at radius 2 is 1.53 bits per heavy atom. The zero-order chi connectivity index (χ0) is 22.2. The molecule has 3 heterocycles. The fraction of sp³-hybridized carbons (Fsp3) is 0.714. The van der Waals surface area contributed by atoms with Crippen LogP contribution in [0.1, 0.15) is 6.23 Å². The van der Waals surface area contributed by atoms with Gasteiger partial charge in [-0.3, -0.25) is 23.4 Å². The summed E-state index contributed by atoms with van der Waals surface area (Å²) < 4.78 is 32.2. The predicted molar refractivity (Wildman–Crippen MR) is 91.9 cm³/mol. The normalized spacial score (nSPS) is 38.6. The van der Waals surface area contributed by atoms with Crippen molar-refractivity contribution < 1.29 is 53.5 Å². The summed E-state index contributed by atoms with van der Waals surface area (Å²) in [4.78, 5) is 34.6. The Morgan fingerprint density at radius 1 is 0.967 bits per heavy atom. The molecule has 0 bridgehead atoms. The zero-order valence-corrected chi connectivity index (χ0v) is 16.0. The van der Waals surface area contributed by atoms with Crippen molar-refractivity contribution in [1.82, 2.24) is 9.55 Å². The number of ether oxygens (including phenoxy) is 2. The molecule has 1 aromatic rings. The lowest BCUT2D eigenvalue weighted by Gasteiger charge is -2.19. The van der Waals surface area contributed by atoms with Gasteiger partial charge in [0.25, 0.3) is 5.56 Å². The van der Waals surface area contributed by atoms with Gasteiger partial charge in [0.2, 0.25) is 0 Å². The van der Waals surface area contributed by atoms with E-state index in [0.717, 1.165) is 16.8 Å². The Labute approximate surface area is 167 Å². The largest absolute Gasteiger partial charge is 0.472 e. The lowest BCUT2D eigenvalue weighted by molar-refractivity contribution is -0.132. The molecule has 0 aromatic carbocycles. The summed E-state index contributed by atoms with van der Waals surface area (Å²) in [5.74, 6) is 0. The van der Waals surface area contributed by atoms with Gasteiger partial charge in [-0.1, -0.05) is 0 Å². The van der Waals surface area contributed by atoms with Gasteiger partial charge in [0.05, 0.1) is 13.2 Å². The summed E-state index contributed by atoms with van der Waals surface area (Å²) in [7, 11) is -4.76. The fourth-order valence-electron chi connectivity index (χ4n) is 2.96. The molecule has 16 heteroatoms. The molecule has 9 atom stereocenters. The molecule has 2 fully saturated rings. The molecule has 2 aliphatic heterocycles. The van der Waals surface area contributed by atoms with Crippen molar-refractivity contribution in [2.24, 2.45) is 0 Å². The highest BCUT2D eigenvalue weighted by molar-refractivity contribution is 7.47.